The summed E-state index contributed by atoms with van der Waals surface area (Å²) in [7, 11) is 3.19. The number of anilines is 1. The van der Waals surface area contributed by atoms with E-state index in [4.69, 9.17) is 21.1 Å². The van der Waals surface area contributed by atoms with E-state index >= 15 is 0 Å². The Morgan fingerprint density at radius 2 is 1.92 bits per heavy atom. The van der Waals surface area contributed by atoms with Crippen LogP contribution < -0.4 is 14.4 Å². The molecule has 1 aliphatic heterocycles. The lowest BCUT2D eigenvalue weighted by molar-refractivity contribution is -0.115. The van der Waals surface area contributed by atoms with Gasteiger partial charge in [-0.15, -0.1) is 11.8 Å². The summed E-state index contributed by atoms with van der Waals surface area (Å²) in [5, 5.41) is 0.512. The van der Waals surface area contributed by atoms with Crippen LogP contribution in [0.4, 0.5) is 5.69 Å². The molecule has 24 heavy (non-hydrogen) atoms. The van der Waals surface area contributed by atoms with Gasteiger partial charge >= 0.3 is 0 Å². The third-order valence-corrected chi connectivity index (χ3v) is 5.77. The second-order valence-electron chi connectivity index (χ2n) is 5.14. The van der Waals surface area contributed by atoms with E-state index < -0.39 is 0 Å². The predicted octanol–water partition coefficient (Wildman–Crippen LogP) is 4.90. The number of hydrogen-bond acceptors (Lipinski definition) is 4. The molecule has 0 bridgehead atoms. The molecule has 126 valence electrons. The first kappa shape index (κ1) is 17.5. The third kappa shape index (κ3) is 3.23. The molecule has 4 nitrogen and oxygen atoms in total. The number of halogens is 2. The summed E-state index contributed by atoms with van der Waals surface area (Å²) in [4.78, 5) is 14.2. The summed E-state index contributed by atoms with van der Waals surface area (Å²) in [5.41, 5.74) is 1.79. The van der Waals surface area contributed by atoms with Crippen molar-refractivity contribution in [2.45, 2.75) is 5.37 Å². The standard InChI is InChI=1S/C17H15BrClNO3S/c1-22-14-8-10(7-13(18)16(14)23-2)17-20(15(21)9-24-17)12-5-3-11(19)4-6-12/h3-8,17H,9H2,1-2H3/t17-/m0/s1. The van der Waals surface area contributed by atoms with Crippen molar-refractivity contribution in [1.82, 2.24) is 0 Å². The van der Waals surface area contributed by atoms with Crippen molar-refractivity contribution in [3.8, 4) is 11.5 Å². The number of amides is 1. The topological polar surface area (TPSA) is 38.8 Å². The van der Waals surface area contributed by atoms with Gasteiger partial charge in [-0.1, -0.05) is 11.6 Å². The van der Waals surface area contributed by atoms with Crippen LogP contribution in [0.1, 0.15) is 10.9 Å². The molecule has 2 aromatic carbocycles. The van der Waals surface area contributed by atoms with E-state index in [1.807, 2.05) is 24.3 Å². The summed E-state index contributed by atoms with van der Waals surface area (Å²) >= 11 is 11.0. The fraction of sp³-hybridized carbons (Fsp3) is 0.235. The minimum Gasteiger partial charge on any atom is -0.493 e. The van der Waals surface area contributed by atoms with Crippen molar-refractivity contribution in [3.05, 3.63) is 51.5 Å². The van der Waals surface area contributed by atoms with Gasteiger partial charge in [0.1, 0.15) is 5.37 Å². The van der Waals surface area contributed by atoms with Crippen molar-refractivity contribution in [2.75, 3.05) is 24.9 Å². The zero-order valence-corrected chi connectivity index (χ0v) is 16.2. The highest BCUT2D eigenvalue weighted by Crippen LogP contribution is 2.46. The Bertz CT molecular complexity index is 769. The molecule has 0 saturated carbocycles. The first-order valence-corrected chi connectivity index (χ1v) is 9.37. The van der Waals surface area contributed by atoms with Gasteiger partial charge in [-0.3, -0.25) is 9.69 Å². The van der Waals surface area contributed by atoms with Crippen LogP contribution in [0.2, 0.25) is 5.02 Å². The van der Waals surface area contributed by atoms with Gasteiger partial charge < -0.3 is 9.47 Å². The fourth-order valence-corrected chi connectivity index (χ4v) is 4.54. The molecule has 1 amide bonds. The molecule has 0 unspecified atom stereocenters. The molecular formula is C17H15BrClNO3S. The monoisotopic (exact) mass is 427 g/mol. The van der Waals surface area contributed by atoms with E-state index in [1.165, 1.54) is 0 Å². The highest BCUT2D eigenvalue weighted by molar-refractivity contribution is 9.10. The van der Waals surface area contributed by atoms with Gasteiger partial charge in [-0.05, 0) is 57.9 Å². The Labute approximate surface area is 158 Å². The van der Waals surface area contributed by atoms with Gasteiger partial charge in [0.25, 0.3) is 0 Å². The fourth-order valence-electron chi connectivity index (χ4n) is 2.63. The summed E-state index contributed by atoms with van der Waals surface area (Å²) in [6.45, 7) is 0. The van der Waals surface area contributed by atoms with Crippen molar-refractivity contribution in [1.29, 1.82) is 0 Å². The van der Waals surface area contributed by atoms with Crippen molar-refractivity contribution in [3.63, 3.8) is 0 Å². The molecule has 7 heteroatoms. The minimum atomic E-state index is -0.130. The Kier molecular flexibility index (Phi) is 5.27. The molecule has 0 N–H and O–H groups in total. The number of benzene rings is 2. The molecule has 0 spiro atoms. The second-order valence-corrected chi connectivity index (χ2v) is 7.50. The van der Waals surface area contributed by atoms with Gasteiger partial charge in [-0.25, -0.2) is 0 Å². The van der Waals surface area contributed by atoms with Crippen LogP contribution in [0.5, 0.6) is 11.5 Å². The Balaban J connectivity index is 2.03. The normalized spacial score (nSPS) is 17.2. The lowest BCUT2D eigenvalue weighted by Gasteiger charge is -2.25. The van der Waals surface area contributed by atoms with Gasteiger partial charge in [0.2, 0.25) is 5.91 Å². The molecule has 3 rings (SSSR count). The quantitative estimate of drug-likeness (QED) is 0.694. The van der Waals surface area contributed by atoms with E-state index in [-0.39, 0.29) is 11.3 Å². The van der Waals surface area contributed by atoms with Crippen LogP contribution in [-0.2, 0) is 4.79 Å². The number of thioether (sulfide) groups is 1. The van der Waals surface area contributed by atoms with Crippen LogP contribution in [0.15, 0.2) is 40.9 Å². The van der Waals surface area contributed by atoms with Crippen LogP contribution in [0.25, 0.3) is 0 Å². The van der Waals surface area contributed by atoms with Crippen LogP contribution >= 0.6 is 39.3 Å². The average Bonchev–Trinajstić information content (AvgIpc) is 2.96. The van der Waals surface area contributed by atoms with E-state index in [0.29, 0.717) is 22.3 Å². The summed E-state index contributed by atoms with van der Waals surface area (Å²) < 4.78 is 11.6. The molecular weight excluding hydrogens is 414 g/mol. The number of ether oxygens (including phenoxy) is 2. The lowest BCUT2D eigenvalue weighted by atomic mass is 10.1. The number of carbonyl (C=O) groups excluding carboxylic acids is 1. The SMILES string of the molecule is COc1cc([C@@H]2SCC(=O)N2c2ccc(Cl)cc2)cc(Br)c1OC. The Morgan fingerprint density at radius 3 is 2.54 bits per heavy atom. The van der Waals surface area contributed by atoms with Crippen LogP contribution in [-0.4, -0.2) is 25.9 Å². The molecule has 1 heterocycles. The second kappa shape index (κ2) is 7.25. The first-order chi connectivity index (χ1) is 11.5. The number of nitrogens with zero attached hydrogens (tertiary/aromatic N) is 1. The van der Waals surface area contributed by atoms with Gasteiger partial charge in [0, 0.05) is 10.7 Å². The third-order valence-electron chi connectivity index (χ3n) is 3.71. The molecule has 0 radical (unpaired) electrons. The number of hydrogen-bond donors (Lipinski definition) is 0. The predicted molar refractivity (Wildman–Crippen MR) is 101 cm³/mol. The van der Waals surface area contributed by atoms with E-state index in [2.05, 4.69) is 15.9 Å². The summed E-state index contributed by atoms with van der Waals surface area (Å²) in [6.07, 6.45) is 0. The average molecular weight is 429 g/mol. The Morgan fingerprint density at radius 1 is 1.21 bits per heavy atom. The molecule has 0 aromatic heterocycles. The van der Waals surface area contributed by atoms with E-state index in [1.54, 1.807) is 43.0 Å². The van der Waals surface area contributed by atoms with Crippen LogP contribution in [0.3, 0.4) is 0 Å². The zero-order chi connectivity index (χ0) is 17.3. The zero-order valence-electron chi connectivity index (χ0n) is 13.1. The molecule has 0 aliphatic carbocycles. The van der Waals surface area contributed by atoms with Crippen molar-refractivity contribution >= 4 is 50.9 Å². The Hall–Kier alpha value is -1.37. The molecule has 1 atom stereocenters. The maximum absolute atomic E-state index is 12.4. The molecule has 1 fully saturated rings. The largest absolute Gasteiger partial charge is 0.493 e. The van der Waals surface area contributed by atoms with E-state index in [0.717, 1.165) is 15.7 Å². The first-order valence-electron chi connectivity index (χ1n) is 7.15. The summed E-state index contributed by atoms with van der Waals surface area (Å²) in [5.74, 6) is 1.75. The van der Waals surface area contributed by atoms with Gasteiger partial charge in [-0.2, -0.15) is 0 Å². The number of carbonyl (C=O) groups is 1. The number of rotatable bonds is 4. The van der Waals surface area contributed by atoms with Gasteiger partial charge in [0.05, 0.1) is 24.4 Å². The maximum atomic E-state index is 12.4. The van der Waals surface area contributed by atoms with Gasteiger partial charge in [0.15, 0.2) is 11.5 Å². The highest BCUT2D eigenvalue weighted by Gasteiger charge is 2.35. The summed E-state index contributed by atoms with van der Waals surface area (Å²) in [6, 6.07) is 11.1. The van der Waals surface area contributed by atoms with Crippen molar-refractivity contribution < 1.29 is 14.3 Å². The van der Waals surface area contributed by atoms with Crippen molar-refractivity contribution in [2.24, 2.45) is 0 Å². The minimum absolute atomic E-state index is 0.0678. The lowest BCUT2D eigenvalue weighted by Crippen LogP contribution is -2.27. The molecule has 1 saturated heterocycles. The molecule has 2 aromatic rings. The highest BCUT2D eigenvalue weighted by atomic mass is 79.9. The number of methoxy groups -OCH3 is 2. The smallest absolute Gasteiger partial charge is 0.238 e. The maximum Gasteiger partial charge on any atom is 0.238 e. The van der Waals surface area contributed by atoms with Crippen LogP contribution in [0, 0.1) is 0 Å². The van der Waals surface area contributed by atoms with E-state index in [9.17, 15) is 4.79 Å². The molecule has 1 aliphatic rings.